The number of carbonyl (C=O) groups excluding carboxylic acids is 2. The van der Waals surface area contributed by atoms with E-state index in [1.165, 1.54) is 5.56 Å². The topological polar surface area (TPSA) is 40.6 Å². The van der Waals surface area contributed by atoms with Crippen LogP contribution in [0.15, 0.2) is 53.4 Å². The molecule has 0 aromatic heterocycles. The number of aryl methyl sites for hydroxylation is 1. The molecule has 0 bridgehead atoms. The van der Waals surface area contributed by atoms with E-state index < -0.39 is 0 Å². The molecular formula is C21H24N2O2S. The van der Waals surface area contributed by atoms with Gasteiger partial charge in [-0.1, -0.05) is 29.8 Å². The molecule has 1 fully saturated rings. The van der Waals surface area contributed by atoms with Crippen molar-refractivity contribution in [1.82, 2.24) is 9.80 Å². The van der Waals surface area contributed by atoms with E-state index >= 15 is 0 Å². The van der Waals surface area contributed by atoms with E-state index in [0.717, 1.165) is 10.5 Å². The van der Waals surface area contributed by atoms with Crippen molar-refractivity contribution in [3.63, 3.8) is 0 Å². The van der Waals surface area contributed by atoms with Gasteiger partial charge >= 0.3 is 0 Å². The molecule has 0 spiro atoms. The molecule has 4 nitrogen and oxygen atoms in total. The van der Waals surface area contributed by atoms with Crippen LogP contribution in [-0.2, 0) is 11.2 Å². The normalized spacial score (nSPS) is 14.4. The number of hydrogen-bond donors (Lipinski definition) is 0. The van der Waals surface area contributed by atoms with E-state index in [9.17, 15) is 9.59 Å². The van der Waals surface area contributed by atoms with Crippen molar-refractivity contribution >= 4 is 23.6 Å². The first-order valence-electron chi connectivity index (χ1n) is 8.83. The molecule has 2 aromatic rings. The molecule has 2 aromatic carbocycles. The van der Waals surface area contributed by atoms with Crippen LogP contribution in [0.3, 0.4) is 0 Å². The van der Waals surface area contributed by atoms with Crippen molar-refractivity contribution in [3.05, 3.63) is 65.2 Å². The van der Waals surface area contributed by atoms with Crippen molar-refractivity contribution in [2.45, 2.75) is 18.2 Å². The van der Waals surface area contributed by atoms with Crippen LogP contribution < -0.4 is 0 Å². The summed E-state index contributed by atoms with van der Waals surface area (Å²) in [7, 11) is 0. The minimum Gasteiger partial charge on any atom is -0.339 e. The summed E-state index contributed by atoms with van der Waals surface area (Å²) < 4.78 is 0. The quantitative estimate of drug-likeness (QED) is 0.778. The van der Waals surface area contributed by atoms with Crippen molar-refractivity contribution in [3.8, 4) is 0 Å². The zero-order valence-corrected chi connectivity index (χ0v) is 16.1. The van der Waals surface area contributed by atoms with Gasteiger partial charge in [0.1, 0.15) is 0 Å². The van der Waals surface area contributed by atoms with Gasteiger partial charge in [-0.15, -0.1) is 11.8 Å². The Kier molecular flexibility index (Phi) is 5.99. The second kappa shape index (κ2) is 8.41. The Morgan fingerprint density at radius 1 is 0.885 bits per heavy atom. The van der Waals surface area contributed by atoms with Gasteiger partial charge in [-0.05, 0) is 43.0 Å². The zero-order chi connectivity index (χ0) is 18.5. The Morgan fingerprint density at radius 3 is 2.04 bits per heavy atom. The molecular weight excluding hydrogens is 344 g/mol. The van der Waals surface area contributed by atoms with Crippen LogP contribution in [0.4, 0.5) is 0 Å². The third-order valence-corrected chi connectivity index (χ3v) is 5.48. The summed E-state index contributed by atoms with van der Waals surface area (Å²) in [6, 6.07) is 15.8. The van der Waals surface area contributed by atoms with E-state index in [1.54, 1.807) is 11.8 Å². The van der Waals surface area contributed by atoms with Crippen LogP contribution in [0.5, 0.6) is 0 Å². The number of piperazine rings is 1. The summed E-state index contributed by atoms with van der Waals surface area (Å²) in [6.45, 7) is 4.40. The molecule has 1 aliphatic heterocycles. The first kappa shape index (κ1) is 18.5. The number of carbonyl (C=O) groups is 2. The largest absolute Gasteiger partial charge is 0.339 e. The second-order valence-electron chi connectivity index (χ2n) is 6.56. The molecule has 0 N–H and O–H groups in total. The number of nitrogens with zero attached hydrogens (tertiary/aromatic N) is 2. The maximum absolute atomic E-state index is 12.6. The Bertz CT molecular complexity index is 764. The van der Waals surface area contributed by atoms with Gasteiger partial charge in [-0.25, -0.2) is 0 Å². The average molecular weight is 369 g/mol. The van der Waals surface area contributed by atoms with Gasteiger partial charge in [-0.2, -0.15) is 0 Å². The number of hydrogen-bond acceptors (Lipinski definition) is 3. The molecule has 26 heavy (non-hydrogen) atoms. The lowest BCUT2D eigenvalue weighted by Gasteiger charge is -2.35. The molecule has 2 amide bonds. The Hall–Kier alpha value is -2.27. The first-order chi connectivity index (χ1) is 12.6. The third kappa shape index (κ3) is 4.47. The molecule has 1 aliphatic rings. The van der Waals surface area contributed by atoms with E-state index in [4.69, 9.17) is 0 Å². The van der Waals surface area contributed by atoms with Gasteiger partial charge in [0.05, 0.1) is 6.42 Å². The number of amides is 2. The number of rotatable bonds is 4. The molecule has 0 saturated carbocycles. The van der Waals surface area contributed by atoms with Gasteiger partial charge in [-0.3, -0.25) is 9.59 Å². The van der Waals surface area contributed by atoms with Gasteiger partial charge in [0, 0.05) is 36.6 Å². The highest BCUT2D eigenvalue weighted by atomic mass is 32.2. The highest BCUT2D eigenvalue weighted by Gasteiger charge is 2.24. The molecule has 1 saturated heterocycles. The van der Waals surface area contributed by atoms with Crippen LogP contribution >= 0.6 is 11.8 Å². The zero-order valence-electron chi connectivity index (χ0n) is 15.3. The standard InChI is InChI=1S/C21H24N2O2S/c1-16-3-5-17(6-4-16)15-20(24)22-11-13-23(14-12-22)21(25)18-7-9-19(26-2)10-8-18/h3-10H,11-15H2,1-2H3. The van der Waals surface area contributed by atoms with E-state index in [1.807, 2.05) is 71.5 Å². The maximum Gasteiger partial charge on any atom is 0.253 e. The summed E-state index contributed by atoms with van der Waals surface area (Å²) in [6.07, 6.45) is 2.44. The third-order valence-electron chi connectivity index (χ3n) is 4.73. The molecule has 0 aliphatic carbocycles. The highest BCUT2D eigenvalue weighted by molar-refractivity contribution is 7.98. The maximum atomic E-state index is 12.6. The van der Waals surface area contributed by atoms with Crippen LogP contribution in [0.25, 0.3) is 0 Å². The van der Waals surface area contributed by atoms with E-state index in [2.05, 4.69) is 0 Å². The molecule has 0 atom stereocenters. The van der Waals surface area contributed by atoms with E-state index in [-0.39, 0.29) is 11.8 Å². The second-order valence-corrected chi connectivity index (χ2v) is 7.44. The van der Waals surface area contributed by atoms with Crippen LogP contribution in [0.1, 0.15) is 21.5 Å². The van der Waals surface area contributed by atoms with Gasteiger partial charge in [0.2, 0.25) is 5.91 Å². The van der Waals surface area contributed by atoms with Crippen molar-refractivity contribution in [2.75, 3.05) is 32.4 Å². The van der Waals surface area contributed by atoms with Crippen molar-refractivity contribution in [1.29, 1.82) is 0 Å². The highest BCUT2D eigenvalue weighted by Crippen LogP contribution is 2.17. The fraction of sp³-hybridized carbons (Fsp3) is 0.333. The number of benzene rings is 2. The van der Waals surface area contributed by atoms with Crippen LogP contribution in [0, 0.1) is 6.92 Å². The van der Waals surface area contributed by atoms with Crippen LogP contribution in [-0.4, -0.2) is 54.0 Å². The van der Waals surface area contributed by atoms with E-state index in [0.29, 0.717) is 38.2 Å². The lowest BCUT2D eigenvalue weighted by molar-refractivity contribution is -0.131. The lowest BCUT2D eigenvalue weighted by Crippen LogP contribution is -2.51. The SMILES string of the molecule is CSc1ccc(C(=O)N2CCN(C(=O)Cc3ccc(C)cc3)CC2)cc1. The summed E-state index contributed by atoms with van der Waals surface area (Å²) in [4.78, 5) is 29.9. The Balaban J connectivity index is 1.53. The number of thioether (sulfide) groups is 1. The Labute approximate surface area is 159 Å². The van der Waals surface area contributed by atoms with Crippen molar-refractivity contribution < 1.29 is 9.59 Å². The van der Waals surface area contributed by atoms with Gasteiger partial charge < -0.3 is 9.80 Å². The molecule has 0 radical (unpaired) electrons. The summed E-state index contributed by atoms with van der Waals surface area (Å²) >= 11 is 1.66. The van der Waals surface area contributed by atoms with Crippen molar-refractivity contribution in [2.24, 2.45) is 0 Å². The molecule has 5 heteroatoms. The first-order valence-corrected chi connectivity index (χ1v) is 10.1. The minimum atomic E-state index is 0.0447. The molecule has 136 valence electrons. The predicted molar refractivity (Wildman–Crippen MR) is 106 cm³/mol. The summed E-state index contributed by atoms with van der Waals surface area (Å²) in [5, 5.41) is 0. The molecule has 0 unspecified atom stereocenters. The summed E-state index contributed by atoms with van der Waals surface area (Å²) in [5.41, 5.74) is 2.94. The Morgan fingerprint density at radius 2 is 1.46 bits per heavy atom. The van der Waals surface area contributed by atoms with Gasteiger partial charge in [0.15, 0.2) is 0 Å². The monoisotopic (exact) mass is 368 g/mol. The fourth-order valence-electron chi connectivity index (χ4n) is 3.07. The molecule has 3 rings (SSSR count). The smallest absolute Gasteiger partial charge is 0.253 e. The summed E-state index contributed by atoms with van der Waals surface area (Å²) in [5.74, 6) is 0.175. The fourth-order valence-corrected chi connectivity index (χ4v) is 3.48. The predicted octanol–water partition coefficient (Wildman–Crippen LogP) is 3.24. The minimum absolute atomic E-state index is 0.0447. The lowest BCUT2D eigenvalue weighted by atomic mass is 10.1. The van der Waals surface area contributed by atoms with Gasteiger partial charge in [0.25, 0.3) is 5.91 Å². The average Bonchev–Trinajstić information content (AvgIpc) is 2.69. The molecule has 1 heterocycles. The van der Waals surface area contributed by atoms with Crippen LogP contribution in [0.2, 0.25) is 0 Å².